The molecule has 0 amide bonds. The molecule has 0 bridgehead atoms. The van der Waals surface area contributed by atoms with E-state index in [1.165, 1.54) is 50.4 Å². The molecule has 31 heavy (non-hydrogen) atoms. The van der Waals surface area contributed by atoms with Crippen LogP contribution in [-0.4, -0.2) is 108 Å². The smallest absolute Gasteiger partial charge is 0.178 e. The summed E-state index contributed by atoms with van der Waals surface area (Å²) in [6.07, 6.45) is 8.82. The van der Waals surface area contributed by atoms with E-state index < -0.39 is 0 Å². The van der Waals surface area contributed by atoms with Crippen LogP contribution >= 0.6 is 0 Å². The molecule has 6 rings (SSSR count). The summed E-state index contributed by atoms with van der Waals surface area (Å²) in [5.74, 6) is 0.751. The molecule has 3 aliphatic heterocycles. The first-order valence-electron chi connectivity index (χ1n) is 11.9. The minimum absolute atomic E-state index is 0.680. The maximum absolute atomic E-state index is 4.82. The Hall–Kier alpha value is -2.32. The minimum atomic E-state index is 0.680. The second kappa shape index (κ2) is 7.67. The molecule has 4 aliphatic rings. The van der Waals surface area contributed by atoms with E-state index in [4.69, 9.17) is 4.98 Å². The van der Waals surface area contributed by atoms with Crippen LogP contribution in [0, 0.1) is 5.92 Å². The van der Waals surface area contributed by atoms with Crippen LogP contribution in [0.2, 0.25) is 0 Å². The zero-order chi connectivity index (χ0) is 20.9. The second-order valence-corrected chi connectivity index (χ2v) is 9.75. The van der Waals surface area contributed by atoms with Crippen molar-refractivity contribution in [2.75, 3.05) is 82.3 Å². The van der Waals surface area contributed by atoms with Crippen molar-refractivity contribution in [3.05, 3.63) is 30.9 Å². The van der Waals surface area contributed by atoms with Crippen LogP contribution in [0.3, 0.4) is 0 Å². The van der Waals surface area contributed by atoms with Gasteiger partial charge >= 0.3 is 0 Å². The Kier molecular flexibility index (Phi) is 4.79. The highest BCUT2D eigenvalue weighted by Crippen LogP contribution is 2.37. The van der Waals surface area contributed by atoms with Gasteiger partial charge in [-0.3, -0.25) is 4.90 Å². The summed E-state index contributed by atoms with van der Waals surface area (Å²) in [7, 11) is 2.22. The number of nitrogens with zero attached hydrogens (tertiary/aromatic N) is 8. The molecule has 1 aliphatic carbocycles. The number of allylic oxidation sites excluding steroid dienone is 1. The summed E-state index contributed by atoms with van der Waals surface area (Å²) >= 11 is 0. The molecule has 0 spiro atoms. The molecule has 0 N–H and O–H groups in total. The average molecular weight is 423 g/mol. The van der Waals surface area contributed by atoms with Crippen LogP contribution in [0.15, 0.2) is 30.9 Å². The Morgan fingerprint density at radius 1 is 0.935 bits per heavy atom. The van der Waals surface area contributed by atoms with E-state index in [-0.39, 0.29) is 0 Å². The fourth-order valence-corrected chi connectivity index (χ4v) is 5.23. The van der Waals surface area contributed by atoms with Gasteiger partial charge in [-0.2, -0.15) is 5.10 Å². The number of hydrogen-bond acceptors (Lipinski definition) is 7. The Labute approximate surface area is 184 Å². The van der Waals surface area contributed by atoms with E-state index in [0.29, 0.717) is 6.04 Å². The third-order valence-electron chi connectivity index (χ3n) is 7.68. The molecule has 2 aromatic heterocycles. The van der Waals surface area contributed by atoms with E-state index in [9.17, 15) is 0 Å². The minimum Gasteiger partial charge on any atom is -0.372 e. The topological polar surface area (TPSA) is 46.4 Å². The number of hydrogen-bond donors (Lipinski definition) is 0. The average Bonchev–Trinajstić information content (AvgIpc) is 3.53. The van der Waals surface area contributed by atoms with E-state index in [1.54, 1.807) is 0 Å². The van der Waals surface area contributed by atoms with Gasteiger partial charge in [0.05, 0.1) is 24.3 Å². The Balaban J connectivity index is 1.08. The third-order valence-corrected chi connectivity index (χ3v) is 7.68. The standard InChI is InChI=1S/C23H34N8/c1-18(19-3-4-19)27-9-11-29(12-10-27)22-14-25-31-17-20(13-24-23(22)31)30-15-21(16-30)28-7-5-26(2)6-8-28/h13-14,17,19,21H,1,3-12,15-16H2,2H3. The van der Waals surface area contributed by atoms with Crippen LogP contribution in [0.25, 0.3) is 5.65 Å². The summed E-state index contributed by atoms with van der Waals surface area (Å²) in [5.41, 5.74) is 4.65. The van der Waals surface area contributed by atoms with Gasteiger partial charge in [-0.25, -0.2) is 9.50 Å². The monoisotopic (exact) mass is 422 g/mol. The molecule has 0 atom stereocenters. The summed E-state index contributed by atoms with van der Waals surface area (Å²) < 4.78 is 1.96. The maximum Gasteiger partial charge on any atom is 0.178 e. The maximum atomic E-state index is 4.82. The summed E-state index contributed by atoms with van der Waals surface area (Å²) in [6, 6.07) is 0.680. The highest BCUT2D eigenvalue weighted by Gasteiger charge is 2.34. The lowest BCUT2D eigenvalue weighted by molar-refractivity contribution is 0.0963. The molecule has 0 aromatic carbocycles. The molecular weight excluding hydrogens is 388 g/mol. The quantitative estimate of drug-likeness (QED) is 0.718. The number of likely N-dealkylation sites (N-methyl/N-ethyl adjacent to an activating group) is 1. The van der Waals surface area contributed by atoms with Crippen LogP contribution in [0.4, 0.5) is 11.4 Å². The molecule has 1 saturated carbocycles. The van der Waals surface area contributed by atoms with Crippen molar-refractivity contribution in [3.8, 4) is 0 Å². The second-order valence-electron chi connectivity index (χ2n) is 9.75. The van der Waals surface area contributed by atoms with Gasteiger partial charge in [-0.05, 0) is 25.8 Å². The van der Waals surface area contributed by atoms with Crippen molar-refractivity contribution in [3.63, 3.8) is 0 Å². The molecular formula is C23H34N8. The molecule has 8 heteroatoms. The van der Waals surface area contributed by atoms with E-state index in [2.05, 4.69) is 49.4 Å². The fraction of sp³-hybridized carbons (Fsp3) is 0.652. The molecule has 4 fully saturated rings. The zero-order valence-corrected chi connectivity index (χ0v) is 18.7. The molecule has 5 heterocycles. The predicted molar refractivity (Wildman–Crippen MR) is 124 cm³/mol. The van der Waals surface area contributed by atoms with Gasteiger partial charge in [0.1, 0.15) is 5.69 Å². The van der Waals surface area contributed by atoms with Crippen molar-refractivity contribution in [1.82, 2.24) is 29.3 Å². The lowest BCUT2D eigenvalue weighted by Crippen LogP contribution is -2.63. The van der Waals surface area contributed by atoms with Crippen molar-refractivity contribution in [2.24, 2.45) is 5.92 Å². The van der Waals surface area contributed by atoms with Crippen molar-refractivity contribution >= 4 is 17.0 Å². The number of aromatic nitrogens is 3. The van der Waals surface area contributed by atoms with Gasteiger partial charge in [-0.1, -0.05) is 6.58 Å². The van der Waals surface area contributed by atoms with E-state index in [0.717, 1.165) is 56.5 Å². The molecule has 0 radical (unpaired) electrons. The normalized spacial score (nSPS) is 24.1. The Bertz CT molecular complexity index is 944. The summed E-state index contributed by atoms with van der Waals surface area (Å²) in [5, 5.41) is 4.64. The van der Waals surface area contributed by atoms with Gasteiger partial charge in [0.2, 0.25) is 0 Å². The predicted octanol–water partition coefficient (Wildman–Crippen LogP) is 1.21. The molecule has 8 nitrogen and oxygen atoms in total. The largest absolute Gasteiger partial charge is 0.372 e. The van der Waals surface area contributed by atoms with Crippen molar-refractivity contribution < 1.29 is 0 Å². The van der Waals surface area contributed by atoms with Crippen LogP contribution < -0.4 is 9.80 Å². The van der Waals surface area contributed by atoms with Crippen LogP contribution in [0.5, 0.6) is 0 Å². The lowest BCUT2D eigenvalue weighted by atomic mass is 10.1. The fourth-order valence-electron chi connectivity index (χ4n) is 5.23. The molecule has 0 unspecified atom stereocenters. The van der Waals surface area contributed by atoms with E-state index >= 15 is 0 Å². The molecule has 2 aromatic rings. The highest BCUT2D eigenvalue weighted by atomic mass is 15.4. The Morgan fingerprint density at radius 3 is 2.39 bits per heavy atom. The number of piperazine rings is 2. The number of anilines is 2. The Morgan fingerprint density at radius 2 is 1.68 bits per heavy atom. The van der Waals surface area contributed by atoms with Crippen molar-refractivity contribution in [1.29, 1.82) is 0 Å². The first-order chi connectivity index (χ1) is 15.2. The van der Waals surface area contributed by atoms with Gasteiger partial charge < -0.3 is 19.6 Å². The molecule has 166 valence electrons. The van der Waals surface area contributed by atoms with E-state index in [1.807, 2.05) is 16.9 Å². The van der Waals surface area contributed by atoms with Gasteiger partial charge in [0.25, 0.3) is 0 Å². The lowest BCUT2D eigenvalue weighted by Gasteiger charge is -2.48. The van der Waals surface area contributed by atoms with Gasteiger partial charge in [0, 0.05) is 77.2 Å². The first-order valence-corrected chi connectivity index (χ1v) is 11.9. The highest BCUT2D eigenvalue weighted by molar-refractivity contribution is 5.69. The number of rotatable bonds is 5. The van der Waals surface area contributed by atoms with Gasteiger partial charge in [-0.15, -0.1) is 0 Å². The SMILES string of the molecule is C=C(C1CC1)N1CCN(c2cnn3cc(N4CC(N5CCN(C)CC5)C4)cnc23)CC1. The first kappa shape index (κ1) is 19.4. The van der Waals surface area contributed by atoms with Crippen LogP contribution in [0.1, 0.15) is 12.8 Å². The number of fused-ring (bicyclic) bond motifs is 1. The summed E-state index contributed by atoms with van der Waals surface area (Å²) in [4.78, 5) is 17.2. The van der Waals surface area contributed by atoms with Crippen LogP contribution in [-0.2, 0) is 0 Å². The third kappa shape index (κ3) is 3.65. The van der Waals surface area contributed by atoms with Gasteiger partial charge in [0.15, 0.2) is 5.65 Å². The van der Waals surface area contributed by atoms with Crippen molar-refractivity contribution in [2.45, 2.75) is 18.9 Å². The summed E-state index contributed by atoms with van der Waals surface area (Å²) in [6.45, 7) is 15.4. The molecule has 3 saturated heterocycles. The zero-order valence-electron chi connectivity index (χ0n) is 18.7.